The first-order valence-electron chi connectivity index (χ1n) is 7.99. The van der Waals surface area contributed by atoms with Gasteiger partial charge in [0.15, 0.2) is 5.78 Å². The monoisotopic (exact) mass is 398 g/mol. The Bertz CT molecular complexity index is 1230. The number of nitrogens with two attached hydrogens (primary N) is 1. The summed E-state index contributed by atoms with van der Waals surface area (Å²) in [6, 6.07) is 17.7. The predicted molar refractivity (Wildman–Crippen MR) is 110 cm³/mol. The van der Waals surface area contributed by atoms with Crippen LogP contribution in [0.3, 0.4) is 0 Å². The maximum absolute atomic E-state index is 13.0. The molecule has 0 unspecified atom stereocenters. The van der Waals surface area contributed by atoms with Gasteiger partial charge in [-0.1, -0.05) is 48.5 Å². The highest BCUT2D eigenvalue weighted by atomic mass is 35.5. The number of nitrogens with zero attached hydrogens (tertiary/aromatic N) is 1. The van der Waals surface area contributed by atoms with E-state index in [-0.39, 0.29) is 30.3 Å². The lowest BCUT2D eigenvalue weighted by molar-refractivity contribution is 0.0970. The minimum absolute atomic E-state index is 0. The average Bonchev–Trinajstić information content (AvgIpc) is 3.12. The highest BCUT2D eigenvalue weighted by Crippen LogP contribution is 2.30. The number of primary amides is 1. The molecule has 0 saturated carbocycles. The number of halogens is 1. The van der Waals surface area contributed by atoms with E-state index in [2.05, 4.69) is 0 Å². The van der Waals surface area contributed by atoms with Crippen LogP contribution in [-0.4, -0.2) is 16.3 Å². The smallest absolute Gasteiger partial charge is 0.260 e. The fourth-order valence-corrected chi connectivity index (χ4v) is 4.08. The molecule has 2 aromatic carbocycles. The third-order valence-electron chi connectivity index (χ3n) is 4.29. The van der Waals surface area contributed by atoms with Crippen molar-refractivity contribution in [3.8, 4) is 0 Å². The number of amides is 1. The van der Waals surface area contributed by atoms with Crippen LogP contribution in [0.4, 0.5) is 0 Å². The number of thiophene rings is 1. The molecule has 2 aromatic heterocycles. The largest absolute Gasteiger partial charge is 0.365 e. The lowest BCUT2D eigenvalue weighted by Gasteiger charge is -2.11. The minimum Gasteiger partial charge on any atom is -0.365 e. The summed E-state index contributed by atoms with van der Waals surface area (Å²) in [7, 11) is 0. The van der Waals surface area contributed by atoms with Gasteiger partial charge in [-0.25, -0.2) is 0 Å². The molecule has 1 amide bonds. The number of para-hydroxylation sites is 1. The Labute approximate surface area is 164 Å². The molecular weight excluding hydrogens is 384 g/mol. The molecule has 0 saturated heterocycles. The second-order valence-corrected chi connectivity index (χ2v) is 6.97. The molecule has 0 radical (unpaired) electrons. The van der Waals surface area contributed by atoms with E-state index < -0.39 is 5.91 Å². The van der Waals surface area contributed by atoms with Crippen molar-refractivity contribution in [1.29, 1.82) is 0 Å². The Kier molecular flexibility index (Phi) is 5.12. The van der Waals surface area contributed by atoms with Crippen LogP contribution in [0.25, 0.3) is 21.0 Å². The van der Waals surface area contributed by atoms with Gasteiger partial charge in [0.05, 0.1) is 22.3 Å². The van der Waals surface area contributed by atoms with Crippen molar-refractivity contribution in [2.24, 2.45) is 5.73 Å². The second kappa shape index (κ2) is 7.34. The van der Waals surface area contributed by atoms with Crippen LogP contribution in [0.2, 0.25) is 0 Å². The molecule has 4 rings (SSSR count). The average molecular weight is 399 g/mol. The van der Waals surface area contributed by atoms with Crippen LogP contribution in [0.15, 0.2) is 65.5 Å². The number of hydrogen-bond donors (Lipinski definition) is 1. The first-order valence-corrected chi connectivity index (χ1v) is 8.81. The Morgan fingerprint density at radius 3 is 2.33 bits per heavy atom. The molecule has 0 aliphatic rings. The highest BCUT2D eigenvalue weighted by molar-refractivity contribution is 7.21. The summed E-state index contributed by atoms with van der Waals surface area (Å²) in [6.07, 6.45) is 0. The van der Waals surface area contributed by atoms with Crippen molar-refractivity contribution in [3.05, 3.63) is 81.5 Å². The van der Waals surface area contributed by atoms with Gasteiger partial charge in [0.1, 0.15) is 0 Å². The number of hydrogen-bond acceptors (Lipinski definition) is 4. The van der Waals surface area contributed by atoms with Crippen molar-refractivity contribution >= 4 is 56.4 Å². The lowest BCUT2D eigenvalue weighted by atomic mass is 10.1. The van der Waals surface area contributed by atoms with E-state index in [0.717, 1.165) is 5.39 Å². The molecule has 0 spiro atoms. The standard InChI is InChI=1S/C20H14N2O3S.ClH/c21-19(24)17-10-14-18(26-17)13-8-4-5-9-15(13)22(20(14)25)11-16(23)12-6-2-1-3-7-12;/h1-10H,11H2,(H2,21,24);1H. The van der Waals surface area contributed by atoms with Crippen LogP contribution in [0.1, 0.15) is 20.0 Å². The van der Waals surface area contributed by atoms with Crippen LogP contribution >= 0.6 is 23.7 Å². The molecule has 0 atom stereocenters. The predicted octanol–water partition coefficient (Wildman–Crippen LogP) is 3.62. The van der Waals surface area contributed by atoms with E-state index in [1.165, 1.54) is 22.0 Å². The zero-order valence-corrected chi connectivity index (χ0v) is 15.7. The van der Waals surface area contributed by atoms with E-state index >= 15 is 0 Å². The van der Waals surface area contributed by atoms with Gasteiger partial charge < -0.3 is 5.73 Å². The van der Waals surface area contributed by atoms with Crippen LogP contribution < -0.4 is 11.3 Å². The zero-order valence-electron chi connectivity index (χ0n) is 14.0. The summed E-state index contributed by atoms with van der Waals surface area (Å²) in [4.78, 5) is 37.5. The van der Waals surface area contributed by atoms with Crippen molar-refractivity contribution in [3.63, 3.8) is 0 Å². The number of Topliss-reactive ketones (excluding diaryl/α,β-unsaturated/α-hetero) is 1. The fraction of sp³-hybridized carbons (Fsp3) is 0.0500. The fourth-order valence-electron chi connectivity index (χ4n) is 3.04. The maximum atomic E-state index is 13.0. The number of benzene rings is 2. The van der Waals surface area contributed by atoms with Crippen LogP contribution in [0.5, 0.6) is 0 Å². The van der Waals surface area contributed by atoms with Crippen LogP contribution in [0, 0.1) is 0 Å². The molecule has 5 nitrogen and oxygen atoms in total. The van der Waals surface area contributed by atoms with Gasteiger partial charge in [0.25, 0.3) is 11.5 Å². The van der Waals surface area contributed by atoms with E-state index in [1.54, 1.807) is 30.3 Å². The van der Waals surface area contributed by atoms with E-state index in [0.29, 0.717) is 26.0 Å². The quantitative estimate of drug-likeness (QED) is 0.533. The third-order valence-corrected chi connectivity index (χ3v) is 5.47. The molecule has 2 N–H and O–H groups in total. The summed E-state index contributed by atoms with van der Waals surface area (Å²) in [5.41, 5.74) is 6.28. The number of aromatic nitrogens is 1. The molecular formula is C20H15ClN2O3S. The number of pyridine rings is 1. The molecule has 136 valence electrons. The Balaban J connectivity index is 0.00000210. The highest BCUT2D eigenvalue weighted by Gasteiger charge is 2.17. The van der Waals surface area contributed by atoms with Crippen molar-refractivity contribution in [2.45, 2.75) is 6.54 Å². The van der Waals surface area contributed by atoms with Crippen molar-refractivity contribution in [1.82, 2.24) is 4.57 Å². The number of fused-ring (bicyclic) bond motifs is 3. The first-order chi connectivity index (χ1) is 12.6. The molecule has 27 heavy (non-hydrogen) atoms. The Morgan fingerprint density at radius 2 is 1.63 bits per heavy atom. The molecule has 0 aliphatic heterocycles. The molecule has 4 aromatic rings. The molecule has 0 aliphatic carbocycles. The molecule has 0 bridgehead atoms. The number of ketones is 1. The van der Waals surface area contributed by atoms with Gasteiger partial charge in [0, 0.05) is 15.6 Å². The second-order valence-electron chi connectivity index (χ2n) is 5.92. The Hall–Kier alpha value is -2.96. The maximum Gasteiger partial charge on any atom is 0.260 e. The van der Waals surface area contributed by atoms with Crippen LogP contribution in [-0.2, 0) is 6.54 Å². The third kappa shape index (κ3) is 3.25. The van der Waals surface area contributed by atoms with Crippen molar-refractivity contribution in [2.75, 3.05) is 0 Å². The minimum atomic E-state index is -0.568. The van der Waals surface area contributed by atoms with Gasteiger partial charge in [-0.05, 0) is 12.1 Å². The molecule has 7 heteroatoms. The number of carbonyl (C=O) groups excluding carboxylic acids is 2. The lowest BCUT2D eigenvalue weighted by Crippen LogP contribution is -2.24. The number of carbonyl (C=O) groups is 2. The molecule has 2 heterocycles. The van der Waals surface area contributed by atoms with Gasteiger partial charge >= 0.3 is 0 Å². The summed E-state index contributed by atoms with van der Waals surface area (Å²) < 4.78 is 2.17. The van der Waals surface area contributed by atoms with Gasteiger partial charge in [-0.2, -0.15) is 0 Å². The van der Waals surface area contributed by atoms with Gasteiger partial charge in [-0.3, -0.25) is 19.0 Å². The molecule has 0 fully saturated rings. The van der Waals surface area contributed by atoms with E-state index in [4.69, 9.17) is 5.73 Å². The van der Waals surface area contributed by atoms with E-state index in [9.17, 15) is 14.4 Å². The summed E-state index contributed by atoms with van der Waals surface area (Å²) >= 11 is 1.20. The summed E-state index contributed by atoms with van der Waals surface area (Å²) in [5.74, 6) is -0.718. The first kappa shape index (κ1) is 18.8. The summed E-state index contributed by atoms with van der Waals surface area (Å²) in [5, 5.41) is 1.23. The zero-order chi connectivity index (χ0) is 18.3. The SMILES string of the molecule is Cl.NC(=O)c1cc2c(=O)n(CC(=O)c3ccccc3)c3ccccc3c2s1. The van der Waals surface area contributed by atoms with Crippen molar-refractivity contribution < 1.29 is 9.59 Å². The van der Waals surface area contributed by atoms with E-state index in [1.807, 2.05) is 24.3 Å². The van der Waals surface area contributed by atoms with Gasteiger partial charge in [0.2, 0.25) is 0 Å². The Morgan fingerprint density at radius 1 is 0.963 bits per heavy atom. The number of rotatable bonds is 4. The topological polar surface area (TPSA) is 82.2 Å². The van der Waals surface area contributed by atoms with Gasteiger partial charge in [-0.15, -0.1) is 23.7 Å². The summed E-state index contributed by atoms with van der Waals surface area (Å²) in [6.45, 7) is -0.0684. The normalized spacial score (nSPS) is 10.7.